The van der Waals surface area contributed by atoms with Crippen molar-refractivity contribution in [2.75, 3.05) is 25.1 Å². The molecule has 220 valence electrons. The first-order valence-electron chi connectivity index (χ1n) is 14.1. The second-order valence-electron chi connectivity index (χ2n) is 11.8. The van der Waals surface area contributed by atoms with Crippen LogP contribution in [-0.4, -0.2) is 69.1 Å². The second-order valence-corrected chi connectivity index (χ2v) is 11.8. The fourth-order valence-electron chi connectivity index (χ4n) is 5.74. The summed E-state index contributed by atoms with van der Waals surface area (Å²) in [5.74, 6) is 1.45. The van der Waals surface area contributed by atoms with Gasteiger partial charge in [-0.3, -0.25) is 0 Å². The molecule has 11 heteroatoms. The minimum Gasteiger partial charge on any atom is -0.486 e. The molecule has 2 saturated heterocycles. The number of benzene rings is 2. The maximum atomic E-state index is 15.7. The van der Waals surface area contributed by atoms with Gasteiger partial charge < -0.3 is 24.8 Å². The molecule has 2 N–H and O–H groups in total. The van der Waals surface area contributed by atoms with E-state index in [1.54, 1.807) is 39.0 Å². The fraction of sp³-hybridized carbons (Fsp3) is 0.452. The number of rotatable bonds is 6. The Labute approximate surface area is 244 Å². The van der Waals surface area contributed by atoms with Crippen LogP contribution in [0.5, 0.6) is 5.75 Å². The third-order valence-electron chi connectivity index (χ3n) is 7.85. The van der Waals surface area contributed by atoms with Crippen molar-refractivity contribution in [1.29, 1.82) is 5.26 Å². The summed E-state index contributed by atoms with van der Waals surface area (Å²) in [6.45, 7) is 7.13. The quantitative estimate of drug-likeness (QED) is 0.367. The van der Waals surface area contributed by atoms with Crippen LogP contribution in [0, 0.1) is 16.7 Å². The number of halogens is 1. The Morgan fingerprint density at radius 2 is 1.88 bits per heavy atom. The number of carbonyl (C=O) groups is 1. The molecule has 0 bridgehead atoms. The van der Waals surface area contributed by atoms with Crippen molar-refractivity contribution in [3.8, 4) is 23.2 Å². The summed E-state index contributed by atoms with van der Waals surface area (Å²) in [5.41, 5.74) is 2.26. The van der Waals surface area contributed by atoms with Gasteiger partial charge in [0.25, 0.3) is 0 Å². The van der Waals surface area contributed by atoms with Crippen LogP contribution in [0.4, 0.5) is 20.8 Å². The number of nitrogens with zero attached hydrogens (tertiary/aromatic N) is 5. The molecule has 42 heavy (non-hydrogen) atoms. The van der Waals surface area contributed by atoms with Crippen LogP contribution in [0.1, 0.15) is 57.1 Å². The molecule has 1 amide bonds. The number of amides is 1. The van der Waals surface area contributed by atoms with Crippen LogP contribution in [0.25, 0.3) is 11.4 Å². The maximum absolute atomic E-state index is 15.7. The van der Waals surface area contributed by atoms with Crippen molar-refractivity contribution in [3.63, 3.8) is 0 Å². The fourth-order valence-corrected chi connectivity index (χ4v) is 5.74. The lowest BCUT2D eigenvalue weighted by Gasteiger charge is -2.46. The van der Waals surface area contributed by atoms with Gasteiger partial charge in [0.15, 0.2) is 12.0 Å². The number of nitrogens with one attached hydrogen (secondary N) is 1. The van der Waals surface area contributed by atoms with Crippen LogP contribution in [0.2, 0.25) is 0 Å². The van der Waals surface area contributed by atoms with Crippen molar-refractivity contribution >= 4 is 17.7 Å². The Morgan fingerprint density at radius 3 is 2.55 bits per heavy atom. The summed E-state index contributed by atoms with van der Waals surface area (Å²) in [7, 11) is 0. The Bertz CT molecular complexity index is 1450. The van der Waals surface area contributed by atoms with Crippen molar-refractivity contribution in [2.24, 2.45) is 5.41 Å². The SMILES string of the molecule is CC(C)(C)C1C(F)[C@@H](Oc2ccc(-c3ncnc(Nc4ccc(C5CCOCC5)cc4)n3)cc2C#N)CCN1C(=O)O. The van der Waals surface area contributed by atoms with Crippen LogP contribution < -0.4 is 10.1 Å². The number of hydrogen-bond acceptors (Lipinski definition) is 8. The van der Waals surface area contributed by atoms with Crippen molar-refractivity contribution in [1.82, 2.24) is 19.9 Å². The molecule has 2 aliphatic heterocycles. The van der Waals surface area contributed by atoms with E-state index in [1.807, 2.05) is 12.1 Å². The van der Waals surface area contributed by atoms with E-state index in [0.717, 1.165) is 36.6 Å². The monoisotopic (exact) mass is 574 g/mol. The molecule has 1 aromatic heterocycles. The van der Waals surface area contributed by atoms with Crippen LogP contribution in [0.3, 0.4) is 0 Å². The zero-order valence-corrected chi connectivity index (χ0v) is 24.0. The molecular formula is C31H35FN6O4. The molecule has 2 aliphatic rings. The Balaban J connectivity index is 1.30. The molecule has 2 unspecified atom stereocenters. The number of carboxylic acid groups (broad SMARTS) is 1. The number of aromatic nitrogens is 3. The van der Waals surface area contributed by atoms with E-state index < -0.39 is 29.8 Å². The molecule has 3 aromatic rings. The number of likely N-dealkylation sites (tertiary alicyclic amines) is 1. The predicted molar refractivity (Wildman–Crippen MR) is 154 cm³/mol. The molecule has 0 saturated carbocycles. The van der Waals surface area contributed by atoms with Gasteiger partial charge in [-0.15, -0.1) is 0 Å². The Kier molecular flexibility index (Phi) is 8.54. The highest BCUT2D eigenvalue weighted by molar-refractivity contribution is 5.66. The van der Waals surface area contributed by atoms with Crippen LogP contribution >= 0.6 is 0 Å². The molecule has 10 nitrogen and oxygen atoms in total. The van der Waals surface area contributed by atoms with Crippen molar-refractivity contribution in [2.45, 2.75) is 64.3 Å². The van der Waals surface area contributed by atoms with Gasteiger partial charge in [0.05, 0.1) is 11.6 Å². The number of piperidine rings is 1. The zero-order chi connectivity index (χ0) is 29.9. The minimum absolute atomic E-state index is 0.140. The van der Waals surface area contributed by atoms with E-state index in [9.17, 15) is 15.2 Å². The third-order valence-corrected chi connectivity index (χ3v) is 7.85. The molecular weight excluding hydrogens is 539 g/mol. The first-order chi connectivity index (χ1) is 20.1. The van der Waals surface area contributed by atoms with Gasteiger partial charge in [0.1, 0.15) is 24.3 Å². The van der Waals surface area contributed by atoms with Crippen LogP contribution in [-0.2, 0) is 4.74 Å². The molecule has 5 rings (SSSR count). The van der Waals surface area contributed by atoms with Gasteiger partial charge >= 0.3 is 6.09 Å². The summed E-state index contributed by atoms with van der Waals surface area (Å²) in [6.07, 6.45) is -0.00460. The molecule has 0 aliphatic carbocycles. The van der Waals surface area contributed by atoms with E-state index in [0.29, 0.717) is 23.3 Å². The molecule has 2 fully saturated rings. The first-order valence-corrected chi connectivity index (χ1v) is 14.1. The summed E-state index contributed by atoms with van der Waals surface area (Å²) < 4.78 is 27.1. The van der Waals surface area contributed by atoms with E-state index in [-0.39, 0.29) is 24.3 Å². The van der Waals surface area contributed by atoms with E-state index in [1.165, 1.54) is 11.9 Å². The van der Waals surface area contributed by atoms with E-state index in [2.05, 4.69) is 38.5 Å². The second kappa shape index (κ2) is 12.3. The Morgan fingerprint density at radius 1 is 1.14 bits per heavy atom. The van der Waals surface area contributed by atoms with Gasteiger partial charge in [-0.2, -0.15) is 10.2 Å². The topological polar surface area (TPSA) is 133 Å². The number of anilines is 2. The largest absolute Gasteiger partial charge is 0.486 e. The van der Waals surface area contributed by atoms with Gasteiger partial charge in [-0.1, -0.05) is 32.9 Å². The number of nitriles is 1. The molecule has 3 heterocycles. The van der Waals surface area contributed by atoms with Gasteiger partial charge in [0, 0.05) is 37.4 Å². The van der Waals surface area contributed by atoms with Gasteiger partial charge in [-0.05, 0) is 60.1 Å². The highest BCUT2D eigenvalue weighted by Crippen LogP contribution is 2.37. The summed E-state index contributed by atoms with van der Waals surface area (Å²) >= 11 is 0. The zero-order valence-electron chi connectivity index (χ0n) is 24.0. The lowest BCUT2D eigenvalue weighted by molar-refractivity contribution is -0.0513. The average Bonchev–Trinajstić information content (AvgIpc) is 2.98. The van der Waals surface area contributed by atoms with Gasteiger partial charge in [0.2, 0.25) is 5.95 Å². The molecule has 0 radical (unpaired) electrons. The Hall–Kier alpha value is -4.30. The van der Waals surface area contributed by atoms with Crippen molar-refractivity contribution < 1.29 is 23.8 Å². The average molecular weight is 575 g/mol. The summed E-state index contributed by atoms with van der Waals surface area (Å²) in [4.78, 5) is 25.9. The normalized spacial score (nSPS) is 21.4. The summed E-state index contributed by atoms with van der Waals surface area (Å²) in [6, 6.07) is 14.3. The third kappa shape index (κ3) is 6.44. The van der Waals surface area contributed by atoms with Crippen LogP contribution in [0.15, 0.2) is 48.8 Å². The smallest absolute Gasteiger partial charge is 0.407 e. The minimum atomic E-state index is -1.57. The lowest BCUT2D eigenvalue weighted by atomic mass is 9.78. The first kappa shape index (κ1) is 29.2. The molecule has 3 atom stereocenters. The van der Waals surface area contributed by atoms with E-state index in [4.69, 9.17) is 9.47 Å². The summed E-state index contributed by atoms with van der Waals surface area (Å²) in [5, 5.41) is 22.7. The van der Waals surface area contributed by atoms with Crippen molar-refractivity contribution in [3.05, 3.63) is 59.9 Å². The highest BCUT2D eigenvalue weighted by atomic mass is 19.1. The molecule has 0 spiro atoms. The number of ether oxygens (including phenoxy) is 2. The van der Waals surface area contributed by atoms with E-state index >= 15 is 4.39 Å². The molecule has 2 aromatic carbocycles. The van der Waals surface area contributed by atoms with Gasteiger partial charge in [-0.25, -0.2) is 19.2 Å². The lowest BCUT2D eigenvalue weighted by Crippen LogP contribution is -2.60. The standard InChI is InChI=1S/C31H35FN6O4/c1-31(2,3)27-26(32)25(10-13-38(27)30(39)40)42-24-9-6-21(16-22(24)17-33)28-34-18-35-29(37-28)36-23-7-4-19(5-8-23)20-11-14-41-15-12-20/h4-9,16,18,20,25-27H,10-15H2,1-3H3,(H,39,40)(H,34,35,36,37)/t25-,26?,27?/m0/s1. The maximum Gasteiger partial charge on any atom is 0.407 e. The number of alkyl halides is 1. The highest BCUT2D eigenvalue weighted by Gasteiger charge is 2.47. The number of hydrogen-bond donors (Lipinski definition) is 2. The predicted octanol–water partition coefficient (Wildman–Crippen LogP) is 5.93.